The summed E-state index contributed by atoms with van der Waals surface area (Å²) in [4.78, 5) is 8.56. The number of piperazine rings is 1. The molecule has 1 fully saturated rings. The molecule has 7 nitrogen and oxygen atoms in total. The van der Waals surface area contributed by atoms with Gasteiger partial charge < -0.3 is 15.5 Å². The number of nitrogens with zero attached hydrogens (tertiary/aromatic N) is 3. The van der Waals surface area contributed by atoms with Crippen LogP contribution in [-0.4, -0.2) is 56.1 Å². The molecule has 4 rings (SSSR count). The molecular weight excluding hydrogens is 500 g/mol. The van der Waals surface area contributed by atoms with Crippen molar-refractivity contribution in [2.45, 2.75) is 4.90 Å². The maximum absolute atomic E-state index is 11.7. The number of halogens is 2. The van der Waals surface area contributed by atoms with E-state index in [2.05, 4.69) is 37.8 Å². The highest BCUT2D eigenvalue weighted by atomic mass is 79.9. The highest BCUT2D eigenvalue weighted by Crippen LogP contribution is 2.42. The molecule has 1 saturated heterocycles. The summed E-state index contributed by atoms with van der Waals surface area (Å²) in [6, 6.07) is 11.3. The molecule has 3 heterocycles. The van der Waals surface area contributed by atoms with E-state index in [-0.39, 0.29) is 17.3 Å². The van der Waals surface area contributed by atoms with Crippen molar-refractivity contribution < 1.29 is 13.0 Å². The third-order valence-corrected chi connectivity index (χ3v) is 7.50. The molecule has 11 heteroatoms. The van der Waals surface area contributed by atoms with Crippen molar-refractivity contribution in [3.8, 4) is 0 Å². The molecular formula is C18H22BrClN4O3S2. The second-order valence-corrected chi connectivity index (χ2v) is 10.1. The lowest BCUT2D eigenvalue weighted by Gasteiger charge is -2.33. The largest absolute Gasteiger partial charge is 0.399 e. The standard InChI is InChI=1S/C12H14BrN3O3S2.C6H7N.ClH/c1-15-4-6-16(7-5-15)12-9-8(2-3-14-12)20-11(13)10(9)21(17,18)19;7-6-4-2-1-3-5-6;/h2-3H,4-7H2,1H3,(H,17,18,19);1-5H,7H2;1H. The Balaban J connectivity index is 0.000000319. The fraction of sp³-hybridized carbons (Fsp3) is 0.278. The Labute approximate surface area is 188 Å². The molecule has 0 saturated carbocycles. The number of fused-ring (bicyclic) bond motifs is 1. The van der Waals surface area contributed by atoms with E-state index in [4.69, 9.17) is 5.73 Å². The van der Waals surface area contributed by atoms with Crippen LogP contribution < -0.4 is 10.6 Å². The molecule has 3 aromatic rings. The van der Waals surface area contributed by atoms with Crippen molar-refractivity contribution in [3.05, 3.63) is 46.4 Å². The van der Waals surface area contributed by atoms with Gasteiger partial charge in [-0.25, -0.2) is 4.98 Å². The number of benzene rings is 1. The normalized spacial score (nSPS) is 14.8. The van der Waals surface area contributed by atoms with E-state index >= 15 is 0 Å². The zero-order valence-electron chi connectivity index (χ0n) is 15.7. The highest BCUT2D eigenvalue weighted by Gasteiger charge is 2.27. The second-order valence-electron chi connectivity index (χ2n) is 6.39. The number of rotatable bonds is 2. The minimum atomic E-state index is -4.30. The van der Waals surface area contributed by atoms with Gasteiger partial charge in [0.05, 0.1) is 9.17 Å². The van der Waals surface area contributed by atoms with Gasteiger partial charge in [-0.1, -0.05) is 18.2 Å². The second kappa shape index (κ2) is 10.1. The van der Waals surface area contributed by atoms with Crippen molar-refractivity contribution in [2.24, 2.45) is 0 Å². The first-order chi connectivity index (χ1) is 13.3. The number of likely N-dealkylation sites (N-methyl/N-ethyl adjacent to an activating group) is 1. The molecule has 0 aliphatic carbocycles. The van der Waals surface area contributed by atoms with Crippen LogP contribution in [0.3, 0.4) is 0 Å². The van der Waals surface area contributed by atoms with Crippen LogP contribution in [0, 0.1) is 0 Å². The Bertz CT molecular complexity index is 1060. The fourth-order valence-corrected chi connectivity index (χ4v) is 6.23. The summed E-state index contributed by atoms with van der Waals surface area (Å²) in [5, 5.41) is 0.501. The number of aromatic nitrogens is 1. The molecule has 0 spiro atoms. The molecule has 0 radical (unpaired) electrons. The number of hydrogen-bond donors (Lipinski definition) is 2. The predicted molar refractivity (Wildman–Crippen MR) is 125 cm³/mol. The lowest BCUT2D eigenvalue weighted by molar-refractivity contribution is 0.312. The molecule has 1 aliphatic heterocycles. The van der Waals surface area contributed by atoms with Gasteiger partial charge in [-0.05, 0) is 41.2 Å². The zero-order chi connectivity index (χ0) is 20.3. The number of anilines is 2. The van der Waals surface area contributed by atoms with Crippen LogP contribution in [0.4, 0.5) is 11.5 Å². The Hall–Kier alpha value is -1.43. The number of nitrogen functional groups attached to an aromatic ring is 1. The Morgan fingerprint density at radius 1 is 1.14 bits per heavy atom. The van der Waals surface area contributed by atoms with Gasteiger partial charge in [0.2, 0.25) is 0 Å². The third kappa shape index (κ3) is 5.80. The first kappa shape index (κ1) is 23.8. The van der Waals surface area contributed by atoms with Gasteiger partial charge in [0.1, 0.15) is 10.7 Å². The van der Waals surface area contributed by atoms with E-state index in [1.165, 1.54) is 11.3 Å². The maximum Gasteiger partial charge on any atom is 0.297 e. The van der Waals surface area contributed by atoms with Crippen molar-refractivity contribution in [1.82, 2.24) is 9.88 Å². The summed E-state index contributed by atoms with van der Waals surface area (Å²) in [6.07, 6.45) is 1.67. The van der Waals surface area contributed by atoms with Crippen LogP contribution in [0.1, 0.15) is 0 Å². The van der Waals surface area contributed by atoms with Gasteiger partial charge in [-0.3, -0.25) is 4.55 Å². The summed E-state index contributed by atoms with van der Waals surface area (Å²) >= 11 is 4.52. The van der Waals surface area contributed by atoms with Gasteiger partial charge >= 0.3 is 0 Å². The van der Waals surface area contributed by atoms with Crippen LogP contribution in [0.15, 0.2) is 51.3 Å². The van der Waals surface area contributed by atoms with Crippen molar-refractivity contribution in [1.29, 1.82) is 0 Å². The monoisotopic (exact) mass is 520 g/mol. The summed E-state index contributed by atoms with van der Waals surface area (Å²) in [6.45, 7) is 3.34. The smallest absolute Gasteiger partial charge is 0.297 e. The van der Waals surface area contributed by atoms with Crippen LogP contribution in [-0.2, 0) is 10.1 Å². The van der Waals surface area contributed by atoms with Crippen LogP contribution in [0.25, 0.3) is 10.1 Å². The summed E-state index contributed by atoms with van der Waals surface area (Å²) in [5.41, 5.74) is 6.18. The van der Waals surface area contributed by atoms with Crippen LogP contribution in [0.5, 0.6) is 0 Å². The van der Waals surface area contributed by atoms with Gasteiger partial charge in [0.25, 0.3) is 10.1 Å². The van der Waals surface area contributed by atoms with Crippen molar-refractivity contribution in [3.63, 3.8) is 0 Å². The maximum atomic E-state index is 11.7. The first-order valence-corrected chi connectivity index (χ1v) is 11.6. The summed E-state index contributed by atoms with van der Waals surface area (Å²) in [7, 11) is -2.25. The average molecular weight is 522 g/mol. The molecule has 158 valence electrons. The Morgan fingerprint density at radius 3 is 2.28 bits per heavy atom. The number of pyridine rings is 1. The van der Waals surface area contributed by atoms with E-state index in [0.717, 1.165) is 36.6 Å². The highest BCUT2D eigenvalue weighted by molar-refractivity contribution is 9.11. The van der Waals surface area contributed by atoms with Gasteiger partial charge in [-0.15, -0.1) is 23.7 Å². The fourth-order valence-electron chi connectivity index (χ4n) is 2.91. The number of para-hydroxylation sites is 1. The lowest BCUT2D eigenvalue weighted by Crippen LogP contribution is -2.44. The third-order valence-electron chi connectivity index (χ3n) is 4.36. The molecule has 3 N–H and O–H groups in total. The Morgan fingerprint density at radius 2 is 1.76 bits per heavy atom. The van der Waals surface area contributed by atoms with E-state index in [0.29, 0.717) is 15.0 Å². The van der Waals surface area contributed by atoms with Crippen molar-refractivity contribution in [2.75, 3.05) is 43.9 Å². The number of thiophene rings is 1. The topological polar surface area (TPSA) is 99.8 Å². The lowest BCUT2D eigenvalue weighted by atomic mass is 10.2. The average Bonchev–Trinajstić information content (AvgIpc) is 3.00. The number of hydrogen-bond acceptors (Lipinski definition) is 7. The van der Waals surface area contributed by atoms with Gasteiger partial charge in [0, 0.05) is 42.8 Å². The summed E-state index contributed by atoms with van der Waals surface area (Å²) in [5.74, 6) is 0.621. The van der Waals surface area contributed by atoms with Crippen LogP contribution in [0.2, 0.25) is 0 Å². The molecule has 1 aliphatic rings. The Kier molecular flexibility index (Phi) is 8.27. The van der Waals surface area contributed by atoms with Gasteiger partial charge in [-0.2, -0.15) is 8.42 Å². The zero-order valence-corrected chi connectivity index (χ0v) is 19.7. The summed E-state index contributed by atoms with van der Waals surface area (Å²) < 4.78 is 34.1. The molecule has 0 atom stereocenters. The van der Waals surface area contributed by atoms with E-state index in [9.17, 15) is 13.0 Å². The van der Waals surface area contributed by atoms with Crippen molar-refractivity contribution >= 4 is 71.4 Å². The first-order valence-electron chi connectivity index (χ1n) is 8.56. The molecule has 0 amide bonds. The molecule has 0 bridgehead atoms. The van der Waals surface area contributed by atoms with Gasteiger partial charge in [0.15, 0.2) is 0 Å². The van der Waals surface area contributed by atoms with Crippen LogP contribution >= 0.6 is 39.7 Å². The molecule has 29 heavy (non-hydrogen) atoms. The minimum Gasteiger partial charge on any atom is -0.399 e. The van der Waals surface area contributed by atoms with E-state index < -0.39 is 10.1 Å². The minimum absolute atomic E-state index is 0. The molecule has 0 unspecified atom stereocenters. The SMILES string of the molecule is CN1CCN(c2nccc3sc(Br)c(S(=O)(=O)O)c23)CC1.Cl.Nc1ccccc1. The quantitative estimate of drug-likeness (QED) is 0.391. The molecule has 2 aromatic heterocycles. The van der Waals surface area contributed by atoms with E-state index in [1.807, 2.05) is 30.3 Å². The number of nitrogens with two attached hydrogens (primary N) is 1. The van der Waals surface area contributed by atoms with E-state index in [1.54, 1.807) is 12.3 Å². The predicted octanol–water partition coefficient (Wildman–Crippen LogP) is 3.75. The molecule has 1 aromatic carbocycles.